The van der Waals surface area contributed by atoms with Crippen molar-refractivity contribution in [1.29, 1.82) is 0 Å². The summed E-state index contributed by atoms with van der Waals surface area (Å²) in [5.74, 6) is -1.19. The molecule has 0 spiro atoms. The summed E-state index contributed by atoms with van der Waals surface area (Å²) in [7, 11) is 3.86. The van der Waals surface area contributed by atoms with Gasteiger partial charge in [0, 0.05) is 37.0 Å². The maximum absolute atomic E-state index is 14.4. The minimum Gasteiger partial charge on any atom is -0.378 e. The van der Waals surface area contributed by atoms with E-state index in [4.69, 9.17) is 11.6 Å². The largest absolute Gasteiger partial charge is 0.378 e. The Morgan fingerprint density at radius 1 is 0.842 bits per heavy atom. The molecule has 4 aromatic rings. The van der Waals surface area contributed by atoms with Crippen LogP contribution in [0.2, 0.25) is 5.02 Å². The lowest BCUT2D eigenvalue weighted by molar-refractivity contribution is -0.139. The molecule has 38 heavy (non-hydrogen) atoms. The van der Waals surface area contributed by atoms with E-state index in [1.165, 1.54) is 17.0 Å². The molecule has 0 saturated heterocycles. The molecule has 2 amide bonds. The number of rotatable bonds is 9. The monoisotopic (exact) mass is 529 g/mol. The SMILES string of the molecule is CN(C)c1ccc(NC(=O)C(c2cccc(F)c2)N(Cc2ccc(Cl)cc2)C(=O)Cc2ccccc2)cc1. The van der Waals surface area contributed by atoms with Crippen LogP contribution in [0, 0.1) is 5.82 Å². The molecule has 194 valence electrons. The molecule has 4 rings (SSSR count). The average molecular weight is 530 g/mol. The summed E-state index contributed by atoms with van der Waals surface area (Å²) in [5.41, 5.74) is 3.54. The Hall–Kier alpha value is -4.16. The maximum atomic E-state index is 14.4. The molecule has 0 bridgehead atoms. The van der Waals surface area contributed by atoms with Gasteiger partial charge in [-0.1, -0.05) is 66.2 Å². The highest BCUT2D eigenvalue weighted by Gasteiger charge is 2.32. The lowest BCUT2D eigenvalue weighted by atomic mass is 10.0. The van der Waals surface area contributed by atoms with Gasteiger partial charge in [-0.05, 0) is 65.2 Å². The zero-order valence-electron chi connectivity index (χ0n) is 21.3. The van der Waals surface area contributed by atoms with Crippen LogP contribution >= 0.6 is 11.6 Å². The summed E-state index contributed by atoms with van der Waals surface area (Å²) >= 11 is 6.08. The molecule has 0 aliphatic rings. The van der Waals surface area contributed by atoms with Gasteiger partial charge in [-0.3, -0.25) is 9.59 Å². The Balaban J connectivity index is 1.72. The van der Waals surface area contributed by atoms with E-state index in [-0.39, 0.29) is 18.9 Å². The molecule has 4 aromatic carbocycles. The third-order valence-corrected chi connectivity index (χ3v) is 6.41. The van der Waals surface area contributed by atoms with E-state index in [0.29, 0.717) is 16.3 Å². The first-order valence-electron chi connectivity index (χ1n) is 12.2. The Kier molecular flexibility index (Phi) is 8.77. The van der Waals surface area contributed by atoms with Crippen molar-refractivity contribution in [2.75, 3.05) is 24.3 Å². The van der Waals surface area contributed by atoms with E-state index in [2.05, 4.69) is 5.32 Å². The van der Waals surface area contributed by atoms with Crippen molar-refractivity contribution in [3.63, 3.8) is 0 Å². The lowest BCUT2D eigenvalue weighted by Gasteiger charge is -2.32. The molecule has 0 saturated carbocycles. The number of carbonyl (C=O) groups excluding carboxylic acids is 2. The summed E-state index contributed by atoms with van der Waals surface area (Å²) < 4.78 is 14.4. The number of halogens is 2. The number of hydrogen-bond donors (Lipinski definition) is 1. The molecule has 0 aliphatic heterocycles. The Labute approximate surface area is 227 Å². The topological polar surface area (TPSA) is 52.7 Å². The molecule has 0 heterocycles. The van der Waals surface area contributed by atoms with Crippen LogP contribution in [0.1, 0.15) is 22.7 Å². The van der Waals surface area contributed by atoms with E-state index < -0.39 is 17.8 Å². The Morgan fingerprint density at radius 3 is 2.16 bits per heavy atom. The van der Waals surface area contributed by atoms with Gasteiger partial charge in [-0.15, -0.1) is 0 Å². The Bertz CT molecular complexity index is 1380. The summed E-state index contributed by atoms with van der Waals surface area (Å²) in [6, 6.07) is 28.5. The van der Waals surface area contributed by atoms with Crippen LogP contribution in [-0.2, 0) is 22.6 Å². The van der Waals surface area contributed by atoms with Gasteiger partial charge < -0.3 is 15.1 Å². The van der Waals surface area contributed by atoms with Gasteiger partial charge in [0.2, 0.25) is 5.91 Å². The van der Waals surface area contributed by atoms with Crippen LogP contribution in [0.15, 0.2) is 103 Å². The molecule has 7 heteroatoms. The van der Waals surface area contributed by atoms with Crippen molar-refractivity contribution in [1.82, 2.24) is 4.90 Å². The van der Waals surface area contributed by atoms with Crippen LogP contribution in [0.3, 0.4) is 0 Å². The van der Waals surface area contributed by atoms with Crippen LogP contribution in [0.4, 0.5) is 15.8 Å². The van der Waals surface area contributed by atoms with Crippen LogP contribution in [-0.4, -0.2) is 30.8 Å². The van der Waals surface area contributed by atoms with Crippen LogP contribution < -0.4 is 10.2 Å². The highest BCUT2D eigenvalue weighted by atomic mass is 35.5. The van der Waals surface area contributed by atoms with E-state index in [1.54, 1.807) is 36.4 Å². The highest BCUT2D eigenvalue weighted by molar-refractivity contribution is 6.30. The fourth-order valence-corrected chi connectivity index (χ4v) is 4.31. The second-order valence-electron chi connectivity index (χ2n) is 9.20. The molecular weight excluding hydrogens is 501 g/mol. The molecule has 0 fully saturated rings. The second-order valence-corrected chi connectivity index (χ2v) is 9.64. The van der Waals surface area contributed by atoms with Gasteiger partial charge in [-0.2, -0.15) is 0 Å². The molecule has 0 aromatic heterocycles. The van der Waals surface area contributed by atoms with Crippen molar-refractivity contribution in [2.45, 2.75) is 19.0 Å². The van der Waals surface area contributed by atoms with Crippen molar-refractivity contribution >= 4 is 34.8 Å². The van der Waals surface area contributed by atoms with Gasteiger partial charge in [-0.25, -0.2) is 4.39 Å². The minimum absolute atomic E-state index is 0.0884. The fraction of sp³-hybridized carbons (Fsp3) is 0.161. The fourth-order valence-electron chi connectivity index (χ4n) is 4.19. The minimum atomic E-state index is -1.08. The first-order chi connectivity index (χ1) is 18.3. The normalized spacial score (nSPS) is 11.5. The van der Waals surface area contributed by atoms with Crippen LogP contribution in [0.25, 0.3) is 0 Å². The van der Waals surface area contributed by atoms with Gasteiger partial charge in [0.15, 0.2) is 0 Å². The molecule has 0 aliphatic carbocycles. The standard InChI is InChI=1S/C31H29ClFN3O2/c1-35(2)28-17-15-27(16-18-28)34-31(38)30(24-9-6-10-26(33)20-24)36(21-23-11-13-25(32)14-12-23)29(37)19-22-7-4-3-5-8-22/h3-18,20,30H,19,21H2,1-2H3,(H,34,38). The highest BCUT2D eigenvalue weighted by Crippen LogP contribution is 2.28. The van der Waals surface area contributed by atoms with Gasteiger partial charge in [0.25, 0.3) is 5.91 Å². The summed E-state index contributed by atoms with van der Waals surface area (Å²) in [6.07, 6.45) is 0.0884. The average Bonchev–Trinajstić information content (AvgIpc) is 2.90. The van der Waals surface area contributed by atoms with E-state index in [1.807, 2.05) is 73.6 Å². The van der Waals surface area contributed by atoms with Crippen molar-refractivity contribution in [3.8, 4) is 0 Å². The molecule has 1 atom stereocenters. The zero-order valence-corrected chi connectivity index (χ0v) is 22.0. The molecule has 1 unspecified atom stereocenters. The quantitative estimate of drug-likeness (QED) is 0.269. The predicted molar refractivity (Wildman–Crippen MR) is 151 cm³/mol. The number of benzene rings is 4. The molecular formula is C31H29ClFN3O2. The van der Waals surface area contributed by atoms with E-state index >= 15 is 0 Å². The molecule has 1 N–H and O–H groups in total. The third-order valence-electron chi connectivity index (χ3n) is 6.16. The van der Waals surface area contributed by atoms with Gasteiger partial charge >= 0.3 is 0 Å². The van der Waals surface area contributed by atoms with Gasteiger partial charge in [0.1, 0.15) is 11.9 Å². The number of nitrogens with one attached hydrogen (secondary N) is 1. The number of anilines is 2. The number of carbonyl (C=O) groups is 2. The van der Waals surface area contributed by atoms with E-state index in [9.17, 15) is 14.0 Å². The summed E-state index contributed by atoms with van der Waals surface area (Å²) in [5, 5.41) is 3.49. The second kappa shape index (κ2) is 12.4. The van der Waals surface area contributed by atoms with Gasteiger partial charge in [0.05, 0.1) is 6.42 Å². The summed E-state index contributed by atoms with van der Waals surface area (Å²) in [6.45, 7) is 0.136. The summed E-state index contributed by atoms with van der Waals surface area (Å²) in [4.78, 5) is 31.1. The smallest absolute Gasteiger partial charge is 0.251 e. The van der Waals surface area contributed by atoms with E-state index in [0.717, 1.165) is 16.8 Å². The van der Waals surface area contributed by atoms with Crippen molar-refractivity contribution in [3.05, 3.63) is 131 Å². The first kappa shape index (κ1) is 26.9. The maximum Gasteiger partial charge on any atom is 0.251 e. The van der Waals surface area contributed by atoms with Crippen molar-refractivity contribution in [2.24, 2.45) is 0 Å². The molecule has 0 radical (unpaired) electrons. The number of nitrogens with zero attached hydrogens (tertiary/aromatic N) is 2. The predicted octanol–water partition coefficient (Wildman–Crippen LogP) is 6.50. The zero-order chi connectivity index (χ0) is 27.1. The number of hydrogen-bond acceptors (Lipinski definition) is 3. The van der Waals surface area contributed by atoms with Crippen LogP contribution in [0.5, 0.6) is 0 Å². The van der Waals surface area contributed by atoms with Crippen molar-refractivity contribution < 1.29 is 14.0 Å². The molecule has 5 nitrogen and oxygen atoms in total. The first-order valence-corrected chi connectivity index (χ1v) is 12.6. The number of amides is 2. The third kappa shape index (κ3) is 6.99. The Morgan fingerprint density at radius 2 is 1.53 bits per heavy atom. The lowest BCUT2D eigenvalue weighted by Crippen LogP contribution is -2.41.